The fourth-order valence-electron chi connectivity index (χ4n) is 5.40. The van der Waals surface area contributed by atoms with Crippen LogP contribution in [0, 0.1) is 0 Å². The lowest BCUT2D eigenvalue weighted by molar-refractivity contribution is 1.18. The van der Waals surface area contributed by atoms with Gasteiger partial charge in [-0.2, -0.15) is 0 Å². The lowest BCUT2D eigenvalue weighted by Gasteiger charge is -2.12. The Morgan fingerprint density at radius 1 is 0.368 bits per heavy atom. The fraction of sp³-hybridized carbons (Fsp3) is 0. The number of hydrogen-bond acceptors (Lipinski definition) is 0. The van der Waals surface area contributed by atoms with Crippen LogP contribution in [0.5, 0.6) is 0 Å². The second-order valence-corrected chi connectivity index (χ2v) is 9.97. The standard InChI is InChI=1S/C36H24ClN/c37-33-24-30(27-14-8-3-9-15-27)18-21-36(33)38-34-19-16-28(25-10-4-1-5-11-25)22-31(34)32-23-29(17-20-35(32)38)26-12-6-2-7-13-26/h1-24H. The van der Waals surface area contributed by atoms with E-state index in [9.17, 15) is 0 Å². The zero-order valence-electron chi connectivity index (χ0n) is 20.7. The quantitative estimate of drug-likeness (QED) is 0.224. The zero-order valence-corrected chi connectivity index (χ0v) is 21.4. The molecule has 6 aromatic carbocycles. The van der Waals surface area contributed by atoms with Gasteiger partial charge in [-0.1, -0.05) is 121 Å². The normalized spacial score (nSPS) is 11.3. The van der Waals surface area contributed by atoms with E-state index in [4.69, 9.17) is 11.6 Å². The van der Waals surface area contributed by atoms with Gasteiger partial charge in [-0.15, -0.1) is 0 Å². The van der Waals surface area contributed by atoms with Crippen LogP contribution in [0.2, 0.25) is 5.02 Å². The Bertz CT molecular complexity index is 1810. The molecule has 1 nitrogen and oxygen atoms in total. The molecule has 0 fully saturated rings. The van der Waals surface area contributed by atoms with Crippen molar-refractivity contribution in [1.29, 1.82) is 0 Å². The molecule has 0 saturated carbocycles. The molecule has 0 N–H and O–H groups in total. The molecule has 0 aliphatic heterocycles. The Labute approximate surface area is 227 Å². The number of halogens is 1. The molecule has 7 rings (SSSR count). The van der Waals surface area contributed by atoms with E-state index in [-0.39, 0.29) is 0 Å². The number of aromatic nitrogens is 1. The van der Waals surface area contributed by atoms with Crippen LogP contribution < -0.4 is 0 Å². The Kier molecular flexibility index (Phi) is 5.57. The van der Waals surface area contributed by atoms with E-state index in [0.717, 1.165) is 32.9 Å². The molecule has 2 heteroatoms. The maximum atomic E-state index is 7.00. The molecule has 0 spiro atoms. The molecular formula is C36H24ClN. The van der Waals surface area contributed by atoms with E-state index in [1.807, 2.05) is 6.07 Å². The molecule has 1 aromatic heterocycles. The number of fused-ring (bicyclic) bond motifs is 3. The third-order valence-electron chi connectivity index (χ3n) is 7.28. The third-order valence-corrected chi connectivity index (χ3v) is 7.58. The minimum absolute atomic E-state index is 0.726. The molecule has 0 bridgehead atoms. The van der Waals surface area contributed by atoms with Gasteiger partial charge < -0.3 is 4.57 Å². The predicted octanol–water partition coefficient (Wildman–Crippen LogP) is 10.4. The minimum Gasteiger partial charge on any atom is -0.308 e. The first-order valence-corrected chi connectivity index (χ1v) is 13.2. The minimum atomic E-state index is 0.726. The summed E-state index contributed by atoms with van der Waals surface area (Å²) in [4.78, 5) is 0. The van der Waals surface area contributed by atoms with Gasteiger partial charge >= 0.3 is 0 Å². The molecule has 0 radical (unpaired) electrons. The molecule has 0 amide bonds. The largest absolute Gasteiger partial charge is 0.308 e. The van der Waals surface area contributed by atoms with E-state index in [1.54, 1.807) is 0 Å². The first-order valence-electron chi connectivity index (χ1n) is 12.8. The Hall–Kier alpha value is -4.59. The van der Waals surface area contributed by atoms with Gasteiger partial charge in [0.15, 0.2) is 0 Å². The summed E-state index contributed by atoms with van der Waals surface area (Å²) in [7, 11) is 0. The van der Waals surface area contributed by atoms with E-state index < -0.39 is 0 Å². The zero-order chi connectivity index (χ0) is 25.5. The number of benzene rings is 6. The molecule has 38 heavy (non-hydrogen) atoms. The van der Waals surface area contributed by atoms with Crippen molar-refractivity contribution in [2.75, 3.05) is 0 Å². The molecule has 0 aliphatic rings. The summed E-state index contributed by atoms with van der Waals surface area (Å²) >= 11 is 7.00. The molecule has 0 aliphatic carbocycles. The van der Waals surface area contributed by atoms with Crippen molar-refractivity contribution >= 4 is 33.4 Å². The van der Waals surface area contributed by atoms with Gasteiger partial charge in [0.05, 0.1) is 21.7 Å². The molecule has 0 saturated heterocycles. The van der Waals surface area contributed by atoms with E-state index in [0.29, 0.717) is 0 Å². The molecule has 0 unspecified atom stereocenters. The second kappa shape index (κ2) is 9.37. The van der Waals surface area contributed by atoms with Crippen LogP contribution in [0.15, 0.2) is 146 Å². The average Bonchev–Trinajstić information content (AvgIpc) is 3.31. The Morgan fingerprint density at radius 3 is 1.18 bits per heavy atom. The first-order chi connectivity index (χ1) is 18.8. The van der Waals surface area contributed by atoms with Crippen LogP contribution in [0.25, 0.3) is 60.9 Å². The molecule has 0 atom stereocenters. The van der Waals surface area contributed by atoms with Crippen LogP contribution in [0.4, 0.5) is 0 Å². The summed E-state index contributed by atoms with van der Waals surface area (Å²) in [6.07, 6.45) is 0. The fourth-order valence-corrected chi connectivity index (χ4v) is 5.67. The van der Waals surface area contributed by atoms with Gasteiger partial charge in [-0.3, -0.25) is 0 Å². The lowest BCUT2D eigenvalue weighted by Crippen LogP contribution is -1.95. The SMILES string of the molecule is Clc1cc(-c2ccccc2)ccc1-n1c2ccc(-c3ccccc3)cc2c2cc(-c3ccccc3)ccc21. The van der Waals surface area contributed by atoms with Gasteiger partial charge in [0, 0.05) is 10.8 Å². The van der Waals surface area contributed by atoms with Gasteiger partial charge in [-0.25, -0.2) is 0 Å². The van der Waals surface area contributed by atoms with Crippen LogP contribution in [-0.4, -0.2) is 4.57 Å². The highest BCUT2D eigenvalue weighted by atomic mass is 35.5. The summed E-state index contributed by atoms with van der Waals surface area (Å²) in [6.45, 7) is 0. The third kappa shape index (κ3) is 3.89. The monoisotopic (exact) mass is 505 g/mol. The smallest absolute Gasteiger partial charge is 0.0652 e. The van der Waals surface area contributed by atoms with Crippen LogP contribution in [-0.2, 0) is 0 Å². The van der Waals surface area contributed by atoms with E-state index in [2.05, 4.69) is 144 Å². The summed E-state index contributed by atoms with van der Waals surface area (Å²) in [5.74, 6) is 0. The Balaban J connectivity index is 1.48. The van der Waals surface area contributed by atoms with Crippen LogP contribution in [0.1, 0.15) is 0 Å². The highest BCUT2D eigenvalue weighted by molar-refractivity contribution is 6.33. The van der Waals surface area contributed by atoms with Crippen molar-refractivity contribution in [3.05, 3.63) is 151 Å². The van der Waals surface area contributed by atoms with Gasteiger partial charge in [0.25, 0.3) is 0 Å². The number of nitrogens with zero attached hydrogens (tertiary/aromatic N) is 1. The van der Waals surface area contributed by atoms with Crippen molar-refractivity contribution in [1.82, 2.24) is 4.57 Å². The van der Waals surface area contributed by atoms with Gasteiger partial charge in [0.1, 0.15) is 0 Å². The topological polar surface area (TPSA) is 4.93 Å². The second-order valence-electron chi connectivity index (χ2n) is 9.56. The van der Waals surface area contributed by atoms with Crippen molar-refractivity contribution in [2.24, 2.45) is 0 Å². The molecule has 1 heterocycles. The highest BCUT2D eigenvalue weighted by Crippen LogP contribution is 2.39. The molecule has 180 valence electrons. The maximum Gasteiger partial charge on any atom is 0.0652 e. The number of rotatable bonds is 4. The molecular weight excluding hydrogens is 482 g/mol. The van der Waals surface area contributed by atoms with Crippen molar-refractivity contribution in [3.63, 3.8) is 0 Å². The van der Waals surface area contributed by atoms with Crippen molar-refractivity contribution < 1.29 is 0 Å². The van der Waals surface area contributed by atoms with Gasteiger partial charge in [-0.05, 0) is 69.8 Å². The molecule has 7 aromatic rings. The highest BCUT2D eigenvalue weighted by Gasteiger charge is 2.17. The van der Waals surface area contributed by atoms with Gasteiger partial charge in [0.2, 0.25) is 0 Å². The van der Waals surface area contributed by atoms with Crippen LogP contribution >= 0.6 is 11.6 Å². The number of hydrogen-bond donors (Lipinski definition) is 0. The Morgan fingerprint density at radius 2 is 0.763 bits per heavy atom. The predicted molar refractivity (Wildman–Crippen MR) is 162 cm³/mol. The van der Waals surface area contributed by atoms with E-state index in [1.165, 1.54) is 33.0 Å². The van der Waals surface area contributed by atoms with E-state index >= 15 is 0 Å². The summed E-state index contributed by atoms with van der Waals surface area (Å²) in [6, 6.07) is 51.3. The van der Waals surface area contributed by atoms with Crippen molar-refractivity contribution in [2.45, 2.75) is 0 Å². The summed E-state index contributed by atoms with van der Waals surface area (Å²) in [5, 5.41) is 3.15. The average molecular weight is 506 g/mol. The summed E-state index contributed by atoms with van der Waals surface area (Å²) < 4.78 is 2.30. The summed E-state index contributed by atoms with van der Waals surface area (Å²) in [5.41, 5.74) is 10.3. The van der Waals surface area contributed by atoms with Crippen molar-refractivity contribution in [3.8, 4) is 39.1 Å². The first kappa shape index (κ1) is 22.6. The van der Waals surface area contributed by atoms with Crippen LogP contribution in [0.3, 0.4) is 0 Å². The maximum absolute atomic E-state index is 7.00. The lowest BCUT2D eigenvalue weighted by atomic mass is 10.0.